The molecule has 2 unspecified atom stereocenters. The van der Waals surface area contributed by atoms with E-state index in [1.165, 1.54) is 6.07 Å². The van der Waals surface area contributed by atoms with Gasteiger partial charge in [0, 0.05) is 61.9 Å². The number of carbonyl (C=O) groups is 2. The van der Waals surface area contributed by atoms with Crippen molar-refractivity contribution in [3.8, 4) is 0 Å². The van der Waals surface area contributed by atoms with Crippen LogP contribution in [0.25, 0.3) is 0 Å². The highest BCUT2D eigenvalue weighted by Gasteiger charge is 2.42. The molecule has 0 spiro atoms. The quantitative estimate of drug-likeness (QED) is 0.785. The van der Waals surface area contributed by atoms with E-state index in [0.717, 1.165) is 43.0 Å². The van der Waals surface area contributed by atoms with E-state index in [2.05, 4.69) is 22.0 Å². The topological polar surface area (TPSA) is 99.5 Å². The molecule has 2 amide bonds. The Morgan fingerprint density at radius 3 is 2.43 bits per heavy atom. The molecule has 2 fully saturated rings. The summed E-state index contributed by atoms with van der Waals surface area (Å²) in [4.78, 5) is 42.8. The summed E-state index contributed by atoms with van der Waals surface area (Å²) in [7, 11) is 0. The number of hydrogen-bond acceptors (Lipinski definition) is 4. The van der Waals surface area contributed by atoms with Crippen molar-refractivity contribution >= 4 is 17.5 Å². The Hall–Kier alpha value is -3.09. The second-order valence-corrected chi connectivity index (χ2v) is 8.59. The number of aryl methyl sites for hydroxylation is 3. The lowest BCUT2D eigenvalue weighted by molar-refractivity contribution is -0.117. The Bertz CT molecular complexity index is 1000. The highest BCUT2D eigenvalue weighted by Crippen LogP contribution is 2.35. The first-order chi connectivity index (χ1) is 14.3. The molecule has 0 saturated carbocycles. The van der Waals surface area contributed by atoms with Crippen molar-refractivity contribution in [2.75, 3.05) is 31.1 Å². The van der Waals surface area contributed by atoms with E-state index in [0.29, 0.717) is 35.9 Å². The molecule has 4 rings (SSSR count). The second kappa shape index (κ2) is 7.97. The van der Waals surface area contributed by atoms with Crippen LogP contribution in [0.5, 0.6) is 0 Å². The summed E-state index contributed by atoms with van der Waals surface area (Å²) in [6, 6.07) is 9.78. The highest BCUT2D eigenvalue weighted by atomic mass is 16.2. The summed E-state index contributed by atoms with van der Waals surface area (Å²) in [5.74, 6) is 0.600. The van der Waals surface area contributed by atoms with Crippen LogP contribution in [0, 0.1) is 25.7 Å². The van der Waals surface area contributed by atoms with Gasteiger partial charge in [-0.15, -0.1) is 0 Å². The van der Waals surface area contributed by atoms with Crippen molar-refractivity contribution in [1.29, 1.82) is 0 Å². The Morgan fingerprint density at radius 2 is 1.80 bits per heavy atom. The van der Waals surface area contributed by atoms with Gasteiger partial charge in [-0.05, 0) is 43.5 Å². The molecule has 1 aromatic carbocycles. The number of nitrogens with one attached hydrogen (secondary N) is 1. The van der Waals surface area contributed by atoms with Gasteiger partial charge in [0.2, 0.25) is 11.5 Å². The summed E-state index contributed by atoms with van der Waals surface area (Å²) >= 11 is 0. The van der Waals surface area contributed by atoms with Gasteiger partial charge in [-0.25, -0.2) is 0 Å². The number of hydrogen-bond donors (Lipinski definition) is 2. The molecule has 158 valence electrons. The monoisotopic (exact) mass is 408 g/mol. The number of fused-ring (bicyclic) bond motifs is 1. The Balaban J connectivity index is 1.42. The van der Waals surface area contributed by atoms with Crippen LogP contribution >= 0.6 is 0 Å². The fourth-order valence-corrected chi connectivity index (χ4v) is 4.88. The maximum Gasteiger partial charge on any atom is 0.255 e. The van der Waals surface area contributed by atoms with Crippen LogP contribution in [0.2, 0.25) is 0 Å². The van der Waals surface area contributed by atoms with Gasteiger partial charge in [0.1, 0.15) is 0 Å². The molecule has 2 atom stereocenters. The normalized spacial score (nSPS) is 20.5. The molecule has 2 aliphatic heterocycles. The first-order valence-electron chi connectivity index (χ1n) is 10.4. The third-order valence-corrected chi connectivity index (χ3v) is 6.35. The summed E-state index contributed by atoms with van der Waals surface area (Å²) < 4.78 is 0. The fourth-order valence-electron chi connectivity index (χ4n) is 4.88. The Labute approximate surface area is 175 Å². The van der Waals surface area contributed by atoms with Crippen LogP contribution in [0.3, 0.4) is 0 Å². The fraction of sp³-hybridized carbons (Fsp3) is 0.435. The first-order valence-corrected chi connectivity index (χ1v) is 10.4. The summed E-state index contributed by atoms with van der Waals surface area (Å²) in [6.45, 7) is 6.90. The molecule has 2 aromatic rings. The number of pyridine rings is 1. The van der Waals surface area contributed by atoms with Crippen molar-refractivity contribution in [2.45, 2.75) is 26.7 Å². The third-order valence-electron chi connectivity index (χ3n) is 6.35. The van der Waals surface area contributed by atoms with E-state index in [-0.39, 0.29) is 17.4 Å². The van der Waals surface area contributed by atoms with E-state index >= 15 is 0 Å². The minimum atomic E-state index is -0.283. The van der Waals surface area contributed by atoms with Gasteiger partial charge in [-0.1, -0.05) is 12.1 Å². The van der Waals surface area contributed by atoms with Crippen molar-refractivity contribution < 1.29 is 9.59 Å². The van der Waals surface area contributed by atoms with E-state index in [1.54, 1.807) is 6.92 Å². The molecule has 3 heterocycles. The van der Waals surface area contributed by atoms with Crippen molar-refractivity contribution in [1.82, 2.24) is 9.88 Å². The van der Waals surface area contributed by atoms with Gasteiger partial charge in [-0.3, -0.25) is 14.4 Å². The molecular formula is C23H28N4O3. The standard InChI is InChI=1S/C23H28N4O3/c1-14-8-21(29)25-15(2)22(14)23(30)27-12-17-10-26(11-18(17)13-27)19-5-3-4-16(9-19)6-7-20(24)28/h3-5,8-9,17-18H,6-7,10-13H2,1-2H3,(H2,24,28)(H,25,29). The van der Waals surface area contributed by atoms with Gasteiger partial charge in [-0.2, -0.15) is 0 Å². The molecule has 1 aromatic heterocycles. The molecule has 2 saturated heterocycles. The smallest absolute Gasteiger partial charge is 0.255 e. The van der Waals surface area contributed by atoms with Crippen LogP contribution in [-0.2, 0) is 11.2 Å². The number of H-pyrrole nitrogens is 1. The van der Waals surface area contributed by atoms with Gasteiger partial charge < -0.3 is 20.5 Å². The van der Waals surface area contributed by atoms with Crippen LogP contribution in [-0.4, -0.2) is 47.9 Å². The summed E-state index contributed by atoms with van der Waals surface area (Å²) in [6.07, 6.45) is 1.01. The zero-order valence-electron chi connectivity index (χ0n) is 17.5. The molecule has 7 nitrogen and oxygen atoms in total. The minimum Gasteiger partial charge on any atom is -0.371 e. The van der Waals surface area contributed by atoms with Gasteiger partial charge in [0.25, 0.3) is 5.91 Å². The number of carbonyl (C=O) groups excluding carboxylic acids is 2. The van der Waals surface area contributed by atoms with E-state index in [9.17, 15) is 14.4 Å². The van der Waals surface area contributed by atoms with Crippen molar-refractivity contribution in [2.24, 2.45) is 17.6 Å². The van der Waals surface area contributed by atoms with Crippen LogP contribution in [0.1, 0.15) is 33.6 Å². The lowest BCUT2D eigenvalue weighted by atomic mass is 10.0. The SMILES string of the molecule is Cc1cc(=O)[nH]c(C)c1C(=O)N1CC2CN(c3cccc(CCC(N)=O)c3)CC2C1. The number of benzene rings is 1. The number of likely N-dealkylation sites (tertiary alicyclic amines) is 1. The third kappa shape index (κ3) is 3.97. The number of rotatable bonds is 5. The van der Waals surface area contributed by atoms with E-state index in [4.69, 9.17) is 5.73 Å². The lowest BCUT2D eigenvalue weighted by Gasteiger charge is -2.24. The number of primary amides is 1. The highest BCUT2D eigenvalue weighted by molar-refractivity contribution is 5.96. The van der Waals surface area contributed by atoms with Gasteiger partial charge in [0.05, 0.1) is 5.56 Å². The average molecular weight is 409 g/mol. The Kier molecular flexibility index (Phi) is 5.37. The maximum atomic E-state index is 13.1. The number of aromatic nitrogens is 1. The molecule has 7 heteroatoms. The van der Waals surface area contributed by atoms with Crippen molar-refractivity contribution in [3.63, 3.8) is 0 Å². The molecule has 0 bridgehead atoms. The largest absolute Gasteiger partial charge is 0.371 e. The maximum absolute atomic E-state index is 13.1. The van der Waals surface area contributed by atoms with Gasteiger partial charge >= 0.3 is 0 Å². The van der Waals surface area contributed by atoms with Crippen LogP contribution in [0.4, 0.5) is 5.69 Å². The molecule has 0 radical (unpaired) electrons. The number of nitrogens with zero attached hydrogens (tertiary/aromatic N) is 2. The number of aromatic amines is 1. The number of amides is 2. The zero-order chi connectivity index (χ0) is 21.4. The predicted molar refractivity (Wildman–Crippen MR) is 116 cm³/mol. The zero-order valence-corrected chi connectivity index (χ0v) is 17.5. The summed E-state index contributed by atoms with van der Waals surface area (Å²) in [5.41, 5.74) is 9.36. The molecular weight excluding hydrogens is 380 g/mol. The number of anilines is 1. The minimum absolute atomic E-state index is 0.00986. The summed E-state index contributed by atoms with van der Waals surface area (Å²) in [5, 5.41) is 0. The van der Waals surface area contributed by atoms with Crippen LogP contribution in [0.15, 0.2) is 35.1 Å². The molecule has 2 aliphatic rings. The molecule has 3 N–H and O–H groups in total. The first kappa shape index (κ1) is 20.2. The van der Waals surface area contributed by atoms with E-state index < -0.39 is 0 Å². The molecule has 30 heavy (non-hydrogen) atoms. The molecule has 0 aliphatic carbocycles. The van der Waals surface area contributed by atoms with E-state index in [1.807, 2.05) is 24.0 Å². The lowest BCUT2D eigenvalue weighted by Crippen LogP contribution is -2.34. The Morgan fingerprint density at radius 1 is 1.10 bits per heavy atom. The predicted octanol–water partition coefficient (Wildman–Crippen LogP) is 1.62. The average Bonchev–Trinajstić information content (AvgIpc) is 3.25. The second-order valence-electron chi connectivity index (χ2n) is 8.59. The van der Waals surface area contributed by atoms with Crippen molar-refractivity contribution in [3.05, 3.63) is 63.1 Å². The van der Waals surface area contributed by atoms with Gasteiger partial charge in [0.15, 0.2) is 0 Å². The number of nitrogens with two attached hydrogens (primary N) is 1. The van der Waals surface area contributed by atoms with Crippen LogP contribution < -0.4 is 16.2 Å².